The van der Waals surface area contributed by atoms with Crippen LogP contribution in [0.15, 0.2) is 0 Å². The molecular weight excluding hydrogens is 240 g/mol. The predicted molar refractivity (Wildman–Crippen MR) is 75.0 cm³/mol. The van der Waals surface area contributed by atoms with Crippen LogP contribution in [0, 0.1) is 5.92 Å². The molecule has 1 N–H and O–H groups in total. The van der Waals surface area contributed by atoms with E-state index in [2.05, 4.69) is 12.2 Å². The summed E-state index contributed by atoms with van der Waals surface area (Å²) in [6.45, 7) is 2.40. The minimum Gasteiger partial charge on any atom is -0.303 e. The van der Waals surface area contributed by atoms with E-state index >= 15 is 0 Å². The van der Waals surface area contributed by atoms with E-state index in [1.807, 2.05) is 11.3 Å². The standard InChI is InChI=1S/C15H22N2S/c1-10-7-8-15(9-10,17-11-5-6-11)14-16-12-3-2-4-13(12)18-14/h10-11,17H,2-9H2,1H3. The van der Waals surface area contributed by atoms with E-state index in [-0.39, 0.29) is 5.54 Å². The summed E-state index contributed by atoms with van der Waals surface area (Å²) in [6, 6.07) is 0.786. The van der Waals surface area contributed by atoms with Gasteiger partial charge in [0.1, 0.15) is 5.01 Å². The lowest BCUT2D eigenvalue weighted by atomic mass is 9.96. The fourth-order valence-corrected chi connectivity index (χ4v) is 5.03. The van der Waals surface area contributed by atoms with E-state index in [9.17, 15) is 0 Å². The average molecular weight is 262 g/mol. The number of fused-ring (bicyclic) bond motifs is 1. The van der Waals surface area contributed by atoms with Crippen LogP contribution in [0.2, 0.25) is 0 Å². The van der Waals surface area contributed by atoms with Crippen molar-refractivity contribution < 1.29 is 0 Å². The Balaban J connectivity index is 1.67. The zero-order valence-electron chi connectivity index (χ0n) is 11.2. The third kappa shape index (κ3) is 1.83. The molecule has 18 heavy (non-hydrogen) atoms. The maximum Gasteiger partial charge on any atom is 0.113 e. The zero-order chi connectivity index (χ0) is 12.2. The van der Waals surface area contributed by atoms with Crippen LogP contribution in [0.3, 0.4) is 0 Å². The second kappa shape index (κ2) is 4.04. The maximum atomic E-state index is 5.02. The van der Waals surface area contributed by atoms with Crippen molar-refractivity contribution >= 4 is 11.3 Å². The summed E-state index contributed by atoms with van der Waals surface area (Å²) in [4.78, 5) is 6.60. The van der Waals surface area contributed by atoms with Gasteiger partial charge < -0.3 is 5.32 Å². The molecule has 0 radical (unpaired) electrons. The van der Waals surface area contributed by atoms with Crippen LogP contribution in [-0.2, 0) is 18.4 Å². The fourth-order valence-electron chi connectivity index (χ4n) is 3.69. The summed E-state index contributed by atoms with van der Waals surface area (Å²) in [6.07, 6.45) is 10.6. The number of hydrogen-bond acceptors (Lipinski definition) is 3. The molecule has 0 spiro atoms. The van der Waals surface area contributed by atoms with Crippen LogP contribution in [0.25, 0.3) is 0 Å². The lowest BCUT2D eigenvalue weighted by molar-refractivity contribution is 0.325. The molecule has 1 aromatic rings. The summed E-state index contributed by atoms with van der Waals surface area (Å²) in [5, 5.41) is 5.37. The first-order chi connectivity index (χ1) is 8.75. The Morgan fingerprint density at radius 1 is 1.28 bits per heavy atom. The zero-order valence-corrected chi connectivity index (χ0v) is 12.0. The highest BCUT2D eigenvalue weighted by atomic mass is 32.1. The van der Waals surface area contributed by atoms with E-state index in [0.717, 1.165) is 12.0 Å². The number of aryl methyl sites for hydroxylation is 2. The summed E-state index contributed by atoms with van der Waals surface area (Å²) in [5.41, 5.74) is 1.67. The van der Waals surface area contributed by atoms with Gasteiger partial charge in [-0.1, -0.05) is 6.92 Å². The van der Waals surface area contributed by atoms with E-state index in [0.29, 0.717) is 0 Å². The van der Waals surface area contributed by atoms with E-state index in [4.69, 9.17) is 4.98 Å². The quantitative estimate of drug-likeness (QED) is 0.903. The first-order valence-corrected chi connectivity index (χ1v) is 8.34. The van der Waals surface area contributed by atoms with Gasteiger partial charge in [-0.3, -0.25) is 0 Å². The minimum absolute atomic E-state index is 0.246. The number of aromatic nitrogens is 1. The summed E-state index contributed by atoms with van der Waals surface area (Å²) >= 11 is 2.02. The first kappa shape index (κ1) is 11.4. The molecular formula is C15H22N2S. The number of thiazole rings is 1. The molecule has 2 saturated carbocycles. The third-order valence-corrected chi connectivity index (χ3v) is 6.19. The predicted octanol–water partition coefficient (Wildman–Crippen LogP) is 3.40. The highest BCUT2D eigenvalue weighted by Gasteiger charge is 2.45. The van der Waals surface area contributed by atoms with Gasteiger partial charge in [-0.2, -0.15) is 0 Å². The SMILES string of the molecule is CC1CCC(NC2CC2)(c2nc3c(s2)CCC3)C1. The number of nitrogens with zero attached hydrogens (tertiary/aromatic N) is 1. The second-order valence-corrected chi connectivity index (χ2v) is 7.67. The topological polar surface area (TPSA) is 24.9 Å². The van der Waals surface area contributed by atoms with Crippen LogP contribution in [0.4, 0.5) is 0 Å². The van der Waals surface area contributed by atoms with E-state index in [1.165, 1.54) is 62.1 Å². The molecule has 0 bridgehead atoms. The van der Waals surface area contributed by atoms with Crippen LogP contribution in [0.5, 0.6) is 0 Å². The summed E-state index contributed by atoms with van der Waals surface area (Å²) in [7, 11) is 0. The molecule has 0 amide bonds. The molecule has 0 saturated heterocycles. The molecule has 3 aliphatic rings. The fraction of sp³-hybridized carbons (Fsp3) is 0.800. The molecule has 3 heteroatoms. The number of rotatable bonds is 3. The Hall–Kier alpha value is -0.410. The smallest absolute Gasteiger partial charge is 0.113 e. The van der Waals surface area contributed by atoms with Crippen molar-refractivity contribution in [1.82, 2.24) is 10.3 Å². The Bertz CT molecular complexity index is 442. The lowest BCUT2D eigenvalue weighted by Crippen LogP contribution is -2.41. The van der Waals surface area contributed by atoms with Crippen LogP contribution in [-0.4, -0.2) is 11.0 Å². The second-order valence-electron chi connectivity index (χ2n) is 6.59. The lowest BCUT2D eigenvalue weighted by Gasteiger charge is -2.29. The molecule has 2 unspecified atom stereocenters. The van der Waals surface area contributed by atoms with Crippen molar-refractivity contribution in [2.45, 2.75) is 69.9 Å². The normalized spacial score (nSPS) is 35.1. The van der Waals surface area contributed by atoms with Gasteiger partial charge >= 0.3 is 0 Å². The van der Waals surface area contributed by atoms with Crippen molar-refractivity contribution in [2.75, 3.05) is 0 Å². The third-order valence-electron chi connectivity index (χ3n) is 4.82. The molecule has 1 aromatic heterocycles. The van der Waals surface area contributed by atoms with Gasteiger partial charge in [0, 0.05) is 10.9 Å². The van der Waals surface area contributed by atoms with Crippen molar-refractivity contribution in [3.8, 4) is 0 Å². The maximum absolute atomic E-state index is 5.02. The highest BCUT2D eigenvalue weighted by molar-refractivity contribution is 7.12. The van der Waals surface area contributed by atoms with Crippen LogP contribution in [0.1, 0.15) is 61.0 Å². The molecule has 3 aliphatic carbocycles. The van der Waals surface area contributed by atoms with Crippen LogP contribution >= 0.6 is 11.3 Å². The first-order valence-electron chi connectivity index (χ1n) is 7.52. The molecule has 1 heterocycles. The summed E-state index contributed by atoms with van der Waals surface area (Å²) in [5.74, 6) is 0.856. The molecule has 2 fully saturated rings. The molecule has 0 aliphatic heterocycles. The van der Waals surface area contributed by atoms with Gasteiger partial charge in [-0.25, -0.2) is 4.98 Å². The van der Waals surface area contributed by atoms with Gasteiger partial charge in [0.2, 0.25) is 0 Å². The van der Waals surface area contributed by atoms with Crippen molar-refractivity contribution in [3.05, 3.63) is 15.6 Å². The van der Waals surface area contributed by atoms with Gasteiger partial charge in [0.05, 0.1) is 11.2 Å². The monoisotopic (exact) mass is 262 g/mol. The average Bonchev–Trinajstić information content (AvgIpc) is 2.75. The molecule has 0 aromatic carbocycles. The largest absolute Gasteiger partial charge is 0.303 e. The Kier molecular flexibility index (Phi) is 2.56. The van der Waals surface area contributed by atoms with E-state index in [1.54, 1.807) is 4.88 Å². The Morgan fingerprint density at radius 3 is 2.83 bits per heavy atom. The minimum atomic E-state index is 0.246. The van der Waals surface area contributed by atoms with Gasteiger partial charge in [0.25, 0.3) is 0 Å². The molecule has 2 nitrogen and oxygen atoms in total. The summed E-state index contributed by atoms with van der Waals surface area (Å²) < 4.78 is 0. The number of nitrogens with one attached hydrogen (secondary N) is 1. The molecule has 2 atom stereocenters. The Labute approximate surface area is 113 Å². The van der Waals surface area contributed by atoms with Gasteiger partial charge in [-0.05, 0) is 57.3 Å². The van der Waals surface area contributed by atoms with Crippen molar-refractivity contribution in [1.29, 1.82) is 0 Å². The molecule has 98 valence electrons. The van der Waals surface area contributed by atoms with Crippen molar-refractivity contribution in [2.24, 2.45) is 5.92 Å². The van der Waals surface area contributed by atoms with Crippen LogP contribution < -0.4 is 5.32 Å². The molecule has 4 rings (SSSR count). The van der Waals surface area contributed by atoms with Gasteiger partial charge in [0.15, 0.2) is 0 Å². The Morgan fingerprint density at radius 2 is 2.17 bits per heavy atom. The van der Waals surface area contributed by atoms with Gasteiger partial charge in [-0.15, -0.1) is 11.3 Å². The van der Waals surface area contributed by atoms with E-state index < -0.39 is 0 Å². The number of hydrogen-bond donors (Lipinski definition) is 1. The highest BCUT2D eigenvalue weighted by Crippen LogP contribution is 2.46. The van der Waals surface area contributed by atoms with Crippen molar-refractivity contribution in [3.63, 3.8) is 0 Å².